The van der Waals surface area contributed by atoms with E-state index in [4.69, 9.17) is 9.26 Å². The Morgan fingerprint density at radius 2 is 2.06 bits per heavy atom. The molecule has 1 saturated heterocycles. The van der Waals surface area contributed by atoms with Gasteiger partial charge < -0.3 is 19.5 Å². The minimum absolute atomic E-state index is 0.00830. The lowest BCUT2D eigenvalue weighted by Gasteiger charge is -2.27. The van der Waals surface area contributed by atoms with Crippen molar-refractivity contribution in [2.24, 2.45) is 4.99 Å². The van der Waals surface area contributed by atoms with Crippen LogP contribution in [0.25, 0.3) is 0 Å². The summed E-state index contributed by atoms with van der Waals surface area (Å²) in [6.07, 6.45) is 3.38. The normalized spacial score (nSPS) is 18.2. The minimum atomic E-state index is -0.582. The summed E-state index contributed by atoms with van der Waals surface area (Å²) in [5.74, 6) is -0.316. The average Bonchev–Trinajstić information content (AvgIpc) is 3.45. The molecule has 1 aromatic carbocycles. The third kappa shape index (κ3) is 6.02. The number of anilines is 1. The number of benzene rings is 1. The van der Waals surface area contributed by atoms with Gasteiger partial charge in [-0.3, -0.25) is 9.59 Å². The molecule has 11 heteroatoms. The number of hydrogen-bond acceptors (Lipinski definition) is 9. The van der Waals surface area contributed by atoms with Crippen LogP contribution in [0, 0.1) is 0 Å². The fourth-order valence-corrected chi connectivity index (χ4v) is 4.72. The molecule has 1 atom stereocenters. The van der Waals surface area contributed by atoms with E-state index in [-0.39, 0.29) is 42.2 Å². The van der Waals surface area contributed by atoms with Gasteiger partial charge >= 0.3 is 5.97 Å². The molecular formula is C23H27N5O5S. The molecule has 4 rings (SSSR count). The van der Waals surface area contributed by atoms with E-state index in [1.807, 2.05) is 13.8 Å². The number of hydrogen-bond donors (Lipinski definition) is 1. The largest absolute Gasteiger partial charge is 0.452 e. The predicted molar refractivity (Wildman–Crippen MR) is 126 cm³/mol. The SMILES string of the molecule is CC(C)c1noc(COC(=O)c2cccc(NC(=O)C[C@H]3SC(N4CCCCC4)=NC3=O)c2)n1. The molecule has 3 heterocycles. The number of amidine groups is 1. The number of likely N-dealkylation sites (tertiary alicyclic amines) is 1. The number of aliphatic imine (C=N–C) groups is 1. The average molecular weight is 486 g/mol. The lowest BCUT2D eigenvalue weighted by molar-refractivity contribution is -0.121. The molecule has 1 N–H and O–H groups in total. The van der Waals surface area contributed by atoms with E-state index >= 15 is 0 Å². The molecule has 34 heavy (non-hydrogen) atoms. The fraction of sp³-hybridized carbons (Fsp3) is 0.478. The molecular weight excluding hydrogens is 458 g/mol. The van der Waals surface area contributed by atoms with Crippen molar-refractivity contribution in [2.75, 3.05) is 18.4 Å². The van der Waals surface area contributed by atoms with Gasteiger partial charge in [-0.05, 0) is 37.5 Å². The number of nitrogens with one attached hydrogen (secondary N) is 1. The first-order chi connectivity index (χ1) is 16.4. The number of amides is 2. The zero-order chi connectivity index (χ0) is 24.1. The Labute approximate surface area is 201 Å². The molecule has 2 aliphatic rings. The van der Waals surface area contributed by atoms with Gasteiger partial charge in [0.25, 0.3) is 11.8 Å². The molecule has 0 radical (unpaired) electrons. The highest BCUT2D eigenvalue weighted by atomic mass is 32.2. The van der Waals surface area contributed by atoms with Crippen LogP contribution in [-0.2, 0) is 20.9 Å². The Hall–Kier alpha value is -3.21. The van der Waals surface area contributed by atoms with Crippen LogP contribution in [-0.4, -0.2) is 56.3 Å². The van der Waals surface area contributed by atoms with E-state index in [1.54, 1.807) is 18.2 Å². The van der Waals surface area contributed by atoms with Gasteiger partial charge in [0.1, 0.15) is 5.25 Å². The summed E-state index contributed by atoms with van der Waals surface area (Å²) in [4.78, 5) is 47.7. The zero-order valence-electron chi connectivity index (χ0n) is 19.2. The molecule has 2 aromatic rings. The number of ether oxygens (including phenoxy) is 1. The van der Waals surface area contributed by atoms with Crippen LogP contribution < -0.4 is 5.32 Å². The Morgan fingerprint density at radius 3 is 2.79 bits per heavy atom. The van der Waals surface area contributed by atoms with Crippen molar-refractivity contribution in [1.29, 1.82) is 0 Å². The molecule has 2 amide bonds. The molecule has 2 aliphatic heterocycles. The number of aromatic nitrogens is 2. The van der Waals surface area contributed by atoms with Crippen LogP contribution in [0.15, 0.2) is 33.8 Å². The second-order valence-corrected chi connectivity index (χ2v) is 9.67. The summed E-state index contributed by atoms with van der Waals surface area (Å²) in [6, 6.07) is 6.41. The number of rotatable bonds is 7. The van der Waals surface area contributed by atoms with Gasteiger partial charge in [-0.1, -0.05) is 36.8 Å². The first-order valence-electron chi connectivity index (χ1n) is 11.3. The van der Waals surface area contributed by atoms with Crippen LogP contribution >= 0.6 is 11.8 Å². The molecule has 0 aliphatic carbocycles. The van der Waals surface area contributed by atoms with Crippen LogP contribution in [0.5, 0.6) is 0 Å². The predicted octanol–water partition coefficient (Wildman–Crippen LogP) is 3.36. The molecule has 0 saturated carbocycles. The van der Waals surface area contributed by atoms with E-state index in [1.165, 1.54) is 24.2 Å². The molecule has 10 nitrogen and oxygen atoms in total. The lowest BCUT2D eigenvalue weighted by atomic mass is 10.1. The number of nitrogens with zero attached hydrogens (tertiary/aromatic N) is 4. The van der Waals surface area contributed by atoms with Gasteiger partial charge in [-0.25, -0.2) is 4.79 Å². The third-order valence-corrected chi connectivity index (χ3v) is 6.65. The van der Waals surface area contributed by atoms with Crippen LogP contribution in [0.3, 0.4) is 0 Å². The monoisotopic (exact) mass is 485 g/mol. The molecule has 0 spiro atoms. The molecule has 0 bridgehead atoms. The van der Waals surface area contributed by atoms with E-state index in [0.717, 1.165) is 25.9 Å². The second kappa shape index (κ2) is 10.8. The first-order valence-corrected chi connectivity index (χ1v) is 12.2. The van der Waals surface area contributed by atoms with Crippen molar-refractivity contribution in [3.8, 4) is 0 Å². The van der Waals surface area contributed by atoms with Crippen molar-refractivity contribution < 1.29 is 23.6 Å². The standard InChI is InChI=1S/C23H27N5O5S/c1-14(2)20-25-19(33-27-20)13-32-22(31)15-7-6-8-16(11-15)24-18(29)12-17-21(30)26-23(34-17)28-9-4-3-5-10-28/h6-8,11,14,17H,3-5,9-10,12-13H2,1-2H3,(H,24,29)/t17-/m1/s1. The lowest BCUT2D eigenvalue weighted by Crippen LogP contribution is -2.33. The third-order valence-electron chi connectivity index (χ3n) is 5.44. The topological polar surface area (TPSA) is 127 Å². The minimum Gasteiger partial charge on any atom is -0.452 e. The van der Waals surface area contributed by atoms with Crippen LogP contribution in [0.4, 0.5) is 5.69 Å². The highest BCUT2D eigenvalue weighted by Gasteiger charge is 2.33. The number of piperidine rings is 1. The molecule has 1 aromatic heterocycles. The summed E-state index contributed by atoms with van der Waals surface area (Å²) in [6.45, 7) is 5.51. The maximum Gasteiger partial charge on any atom is 0.338 e. The second-order valence-electron chi connectivity index (χ2n) is 8.50. The van der Waals surface area contributed by atoms with E-state index in [2.05, 4.69) is 25.3 Å². The summed E-state index contributed by atoms with van der Waals surface area (Å²) < 4.78 is 10.3. The number of esters is 1. The number of carbonyl (C=O) groups is 3. The molecule has 180 valence electrons. The Kier molecular flexibility index (Phi) is 7.61. The van der Waals surface area contributed by atoms with Crippen LogP contribution in [0.1, 0.15) is 67.5 Å². The molecule has 1 fully saturated rings. The maximum absolute atomic E-state index is 12.6. The zero-order valence-corrected chi connectivity index (χ0v) is 20.0. The van der Waals surface area contributed by atoms with Gasteiger partial charge in [0.2, 0.25) is 5.91 Å². The van der Waals surface area contributed by atoms with Gasteiger partial charge in [-0.2, -0.15) is 9.98 Å². The highest BCUT2D eigenvalue weighted by Crippen LogP contribution is 2.29. The number of carbonyl (C=O) groups excluding carboxylic acids is 3. The summed E-state index contributed by atoms with van der Waals surface area (Å²) >= 11 is 1.35. The van der Waals surface area contributed by atoms with Crippen molar-refractivity contribution in [3.05, 3.63) is 41.5 Å². The van der Waals surface area contributed by atoms with Gasteiger partial charge in [-0.15, -0.1) is 0 Å². The summed E-state index contributed by atoms with van der Waals surface area (Å²) in [7, 11) is 0. The quantitative estimate of drug-likeness (QED) is 0.587. The van der Waals surface area contributed by atoms with Gasteiger partial charge in [0, 0.05) is 31.1 Å². The Balaban J connectivity index is 1.28. The molecule has 0 unspecified atom stereocenters. The van der Waals surface area contributed by atoms with Crippen molar-refractivity contribution in [1.82, 2.24) is 15.0 Å². The highest BCUT2D eigenvalue weighted by molar-refractivity contribution is 8.15. The smallest absolute Gasteiger partial charge is 0.338 e. The van der Waals surface area contributed by atoms with Gasteiger partial charge in [0.05, 0.1) is 5.56 Å². The van der Waals surface area contributed by atoms with Crippen molar-refractivity contribution in [3.63, 3.8) is 0 Å². The fourth-order valence-electron chi connectivity index (χ4n) is 3.61. The summed E-state index contributed by atoms with van der Waals surface area (Å²) in [5, 5.41) is 6.77. The van der Waals surface area contributed by atoms with Crippen LogP contribution in [0.2, 0.25) is 0 Å². The Bertz CT molecular complexity index is 1090. The first kappa shape index (κ1) is 23.9. The van der Waals surface area contributed by atoms with Crippen molar-refractivity contribution in [2.45, 2.75) is 57.3 Å². The van der Waals surface area contributed by atoms with Gasteiger partial charge in [0.15, 0.2) is 17.6 Å². The summed E-state index contributed by atoms with van der Waals surface area (Å²) in [5.41, 5.74) is 0.704. The Morgan fingerprint density at radius 1 is 1.26 bits per heavy atom. The van der Waals surface area contributed by atoms with E-state index in [9.17, 15) is 14.4 Å². The van der Waals surface area contributed by atoms with E-state index in [0.29, 0.717) is 16.7 Å². The van der Waals surface area contributed by atoms with Crippen molar-refractivity contribution >= 4 is 40.4 Å². The maximum atomic E-state index is 12.6. The van der Waals surface area contributed by atoms with E-state index < -0.39 is 11.2 Å². The number of thioether (sulfide) groups is 1.